The summed E-state index contributed by atoms with van der Waals surface area (Å²) < 4.78 is 0. The van der Waals surface area contributed by atoms with Crippen LogP contribution in [0.2, 0.25) is 0 Å². The van der Waals surface area contributed by atoms with Crippen molar-refractivity contribution in [3.8, 4) is 0 Å². The molecule has 7 nitrogen and oxygen atoms in total. The summed E-state index contributed by atoms with van der Waals surface area (Å²) in [4.78, 5) is 23.0. The molecule has 19 heavy (non-hydrogen) atoms. The summed E-state index contributed by atoms with van der Waals surface area (Å²) >= 11 is 0. The Kier molecular flexibility index (Phi) is 3.64. The van der Waals surface area contributed by atoms with Gasteiger partial charge in [-0.3, -0.25) is 14.7 Å². The Labute approximate surface area is 110 Å². The van der Waals surface area contributed by atoms with Gasteiger partial charge in [-0.1, -0.05) is 0 Å². The molecule has 2 amide bonds. The molecule has 0 unspecified atom stereocenters. The number of rotatable bonds is 3. The number of carbonyl (C=O) groups is 2. The Morgan fingerprint density at radius 3 is 2.63 bits per heavy atom. The van der Waals surface area contributed by atoms with Gasteiger partial charge in [-0.2, -0.15) is 10.2 Å². The molecule has 0 saturated carbocycles. The van der Waals surface area contributed by atoms with Crippen LogP contribution in [0.4, 0.5) is 0 Å². The fraction of sp³-hybridized carbons (Fsp3) is 0.500. The van der Waals surface area contributed by atoms with E-state index in [9.17, 15) is 9.59 Å². The van der Waals surface area contributed by atoms with Crippen LogP contribution >= 0.6 is 0 Å². The summed E-state index contributed by atoms with van der Waals surface area (Å²) in [5.74, 6) is -0.418. The van der Waals surface area contributed by atoms with Crippen molar-refractivity contribution in [1.82, 2.24) is 20.9 Å². The third kappa shape index (κ3) is 2.81. The summed E-state index contributed by atoms with van der Waals surface area (Å²) in [5, 5.41) is 13.6. The Morgan fingerprint density at radius 1 is 1.37 bits per heavy atom. The van der Waals surface area contributed by atoms with E-state index in [0.717, 1.165) is 17.0 Å². The summed E-state index contributed by atoms with van der Waals surface area (Å²) in [6.07, 6.45) is 0.665. The second-order valence-electron chi connectivity index (χ2n) is 4.64. The van der Waals surface area contributed by atoms with Crippen molar-refractivity contribution in [3.63, 3.8) is 0 Å². The van der Waals surface area contributed by atoms with Gasteiger partial charge in [0, 0.05) is 24.1 Å². The molecule has 3 N–H and O–H groups in total. The summed E-state index contributed by atoms with van der Waals surface area (Å²) in [7, 11) is 0. The number of aryl methyl sites for hydroxylation is 2. The third-order valence-electron chi connectivity index (χ3n) is 3.13. The molecule has 0 radical (unpaired) electrons. The first kappa shape index (κ1) is 13.3. The molecule has 0 fully saturated rings. The van der Waals surface area contributed by atoms with Crippen molar-refractivity contribution in [1.29, 1.82) is 0 Å². The molecule has 102 valence electrons. The molecule has 0 bridgehead atoms. The zero-order valence-electron chi connectivity index (χ0n) is 11.2. The molecule has 7 heteroatoms. The Bertz CT molecular complexity index is 527. The molecular formula is C12H17N5O2. The minimum Gasteiger partial charge on any atom is -0.344 e. The largest absolute Gasteiger partial charge is 0.344 e. The van der Waals surface area contributed by atoms with Gasteiger partial charge in [0.2, 0.25) is 5.91 Å². The van der Waals surface area contributed by atoms with Crippen LogP contribution in [-0.2, 0) is 9.59 Å². The number of hydrogen-bond donors (Lipinski definition) is 3. The van der Waals surface area contributed by atoms with Crippen molar-refractivity contribution >= 4 is 17.5 Å². The van der Waals surface area contributed by atoms with Crippen molar-refractivity contribution < 1.29 is 9.59 Å². The molecule has 1 aromatic rings. The lowest BCUT2D eigenvalue weighted by Gasteiger charge is -2.17. The quantitative estimate of drug-likeness (QED) is 0.739. The molecule has 1 aliphatic rings. The molecule has 1 atom stereocenters. The van der Waals surface area contributed by atoms with E-state index in [1.165, 1.54) is 0 Å². The average Bonchev–Trinajstić information content (AvgIpc) is 2.69. The zero-order valence-corrected chi connectivity index (χ0v) is 11.2. The number of aromatic nitrogens is 2. The number of nitrogens with zero attached hydrogens (tertiary/aromatic N) is 2. The lowest BCUT2D eigenvalue weighted by Crippen LogP contribution is -2.38. The van der Waals surface area contributed by atoms with Gasteiger partial charge in [-0.25, -0.2) is 5.43 Å². The maximum atomic E-state index is 12.0. The van der Waals surface area contributed by atoms with Gasteiger partial charge < -0.3 is 5.32 Å². The minimum atomic E-state index is -0.257. The molecule has 0 aromatic carbocycles. The van der Waals surface area contributed by atoms with E-state index in [1.807, 2.05) is 20.8 Å². The number of hydrazone groups is 1. The molecule has 1 aliphatic heterocycles. The van der Waals surface area contributed by atoms with E-state index < -0.39 is 0 Å². The lowest BCUT2D eigenvalue weighted by atomic mass is 10.1. The van der Waals surface area contributed by atoms with E-state index in [2.05, 4.69) is 26.0 Å². The molecule has 2 heterocycles. The molecule has 0 aliphatic carbocycles. The first-order chi connectivity index (χ1) is 8.99. The van der Waals surface area contributed by atoms with Crippen LogP contribution in [0, 0.1) is 13.8 Å². The van der Waals surface area contributed by atoms with Crippen molar-refractivity contribution in [2.24, 2.45) is 5.10 Å². The van der Waals surface area contributed by atoms with Crippen LogP contribution in [0.3, 0.4) is 0 Å². The van der Waals surface area contributed by atoms with Crippen LogP contribution in [-0.4, -0.2) is 27.7 Å². The molecule has 0 spiro atoms. The second kappa shape index (κ2) is 5.21. The minimum absolute atomic E-state index is 0.161. The standard InChI is InChI=1S/C12H17N5O2/c1-6(11-7(2)14-15-8(11)3)13-12(19)9-4-5-10(18)17-16-9/h6H,4-5H2,1-3H3,(H,13,19)(H,14,15)(H,17,18)/t6-/m0/s1. The monoisotopic (exact) mass is 263 g/mol. The molecular weight excluding hydrogens is 246 g/mol. The van der Waals surface area contributed by atoms with Gasteiger partial charge in [0.05, 0.1) is 11.7 Å². The SMILES string of the molecule is Cc1n[nH]c(C)c1[C@H](C)NC(=O)C1=NNC(=O)CC1. The maximum absolute atomic E-state index is 12.0. The van der Waals surface area contributed by atoms with Crippen LogP contribution in [0.5, 0.6) is 0 Å². The number of H-pyrrole nitrogens is 1. The van der Waals surface area contributed by atoms with Crippen LogP contribution in [0.25, 0.3) is 0 Å². The number of aromatic amines is 1. The van der Waals surface area contributed by atoms with E-state index in [-0.39, 0.29) is 17.9 Å². The zero-order chi connectivity index (χ0) is 14.0. The Morgan fingerprint density at radius 2 is 2.11 bits per heavy atom. The Hall–Kier alpha value is -2.18. The second-order valence-corrected chi connectivity index (χ2v) is 4.64. The molecule has 2 rings (SSSR count). The predicted octanol–water partition coefficient (Wildman–Crippen LogP) is 0.470. The van der Waals surface area contributed by atoms with Crippen molar-refractivity contribution in [3.05, 3.63) is 17.0 Å². The van der Waals surface area contributed by atoms with E-state index >= 15 is 0 Å². The van der Waals surface area contributed by atoms with Crippen LogP contribution in [0.1, 0.15) is 42.8 Å². The topological polar surface area (TPSA) is 99.2 Å². The highest BCUT2D eigenvalue weighted by Crippen LogP contribution is 2.19. The van der Waals surface area contributed by atoms with Gasteiger partial charge in [-0.05, 0) is 20.8 Å². The van der Waals surface area contributed by atoms with Gasteiger partial charge in [0.1, 0.15) is 5.71 Å². The highest BCUT2D eigenvalue weighted by Gasteiger charge is 2.22. The fourth-order valence-electron chi connectivity index (χ4n) is 2.19. The fourth-order valence-corrected chi connectivity index (χ4v) is 2.19. The highest BCUT2D eigenvalue weighted by atomic mass is 16.2. The smallest absolute Gasteiger partial charge is 0.267 e. The average molecular weight is 263 g/mol. The first-order valence-electron chi connectivity index (χ1n) is 6.16. The van der Waals surface area contributed by atoms with Gasteiger partial charge in [0.15, 0.2) is 0 Å². The van der Waals surface area contributed by atoms with Crippen LogP contribution in [0.15, 0.2) is 5.10 Å². The number of carbonyl (C=O) groups excluding carboxylic acids is 2. The number of nitrogens with one attached hydrogen (secondary N) is 3. The van der Waals surface area contributed by atoms with Crippen molar-refractivity contribution in [2.45, 2.75) is 39.7 Å². The lowest BCUT2D eigenvalue weighted by molar-refractivity contribution is -0.121. The van der Waals surface area contributed by atoms with Gasteiger partial charge >= 0.3 is 0 Å². The predicted molar refractivity (Wildman–Crippen MR) is 69.4 cm³/mol. The summed E-state index contributed by atoms with van der Waals surface area (Å²) in [6, 6.07) is -0.161. The van der Waals surface area contributed by atoms with Gasteiger partial charge in [0.25, 0.3) is 5.91 Å². The van der Waals surface area contributed by atoms with Crippen molar-refractivity contribution in [2.75, 3.05) is 0 Å². The Balaban J connectivity index is 2.05. The maximum Gasteiger partial charge on any atom is 0.267 e. The number of hydrogen-bond acceptors (Lipinski definition) is 4. The molecule has 1 aromatic heterocycles. The number of amides is 2. The van der Waals surface area contributed by atoms with Gasteiger partial charge in [-0.15, -0.1) is 0 Å². The highest BCUT2D eigenvalue weighted by molar-refractivity contribution is 6.39. The van der Waals surface area contributed by atoms with Crippen LogP contribution < -0.4 is 10.7 Å². The first-order valence-corrected chi connectivity index (χ1v) is 6.16. The third-order valence-corrected chi connectivity index (χ3v) is 3.13. The summed E-state index contributed by atoms with van der Waals surface area (Å²) in [6.45, 7) is 5.70. The van der Waals surface area contributed by atoms with E-state index in [4.69, 9.17) is 0 Å². The summed E-state index contributed by atoms with van der Waals surface area (Å²) in [5.41, 5.74) is 5.45. The molecule has 0 saturated heterocycles. The van der Waals surface area contributed by atoms with E-state index in [1.54, 1.807) is 0 Å². The van der Waals surface area contributed by atoms with E-state index in [0.29, 0.717) is 18.6 Å². The normalized spacial score (nSPS) is 16.6.